The second-order valence-electron chi connectivity index (χ2n) is 7.83. The number of rotatable bonds is 5. The van der Waals surface area contributed by atoms with Crippen molar-refractivity contribution in [2.24, 2.45) is 0 Å². The molecular formula is C25H23FN2O3. The Kier molecular flexibility index (Phi) is 5.46. The number of carbonyl (C=O) groups excluding carboxylic acids is 1. The summed E-state index contributed by atoms with van der Waals surface area (Å²) in [7, 11) is 0. The van der Waals surface area contributed by atoms with Crippen LogP contribution in [-0.2, 0) is 16.9 Å². The molecule has 1 atom stereocenters. The first-order valence-electron chi connectivity index (χ1n) is 9.95. The van der Waals surface area contributed by atoms with Gasteiger partial charge in [0.15, 0.2) is 5.75 Å². The van der Waals surface area contributed by atoms with Gasteiger partial charge in [-0.15, -0.1) is 0 Å². The lowest BCUT2D eigenvalue weighted by Crippen LogP contribution is -2.45. The maximum atomic E-state index is 13.4. The number of amides is 1. The number of aromatic nitrogens is 1. The third kappa shape index (κ3) is 4.28. The van der Waals surface area contributed by atoms with Crippen molar-refractivity contribution < 1.29 is 18.7 Å². The number of hydrogen-bond donors (Lipinski definition) is 1. The van der Waals surface area contributed by atoms with E-state index in [1.165, 1.54) is 12.1 Å². The smallest absolute Gasteiger partial charge is 0.408 e. The highest BCUT2D eigenvalue weighted by molar-refractivity contribution is 5.76. The van der Waals surface area contributed by atoms with Crippen LogP contribution in [0.5, 0.6) is 5.75 Å². The molecule has 2 aromatic carbocycles. The highest BCUT2D eigenvalue weighted by Crippen LogP contribution is 2.43. The number of pyridine rings is 1. The third-order valence-corrected chi connectivity index (χ3v) is 5.22. The Balaban J connectivity index is 1.63. The fourth-order valence-electron chi connectivity index (χ4n) is 3.49. The van der Waals surface area contributed by atoms with E-state index in [0.717, 1.165) is 22.3 Å². The monoisotopic (exact) mass is 418 g/mol. The Bertz CT molecular complexity index is 1130. The first-order valence-corrected chi connectivity index (χ1v) is 9.95. The molecule has 1 N–H and O–H groups in total. The maximum absolute atomic E-state index is 13.4. The summed E-state index contributed by atoms with van der Waals surface area (Å²) in [5.41, 5.74) is 3.61. The summed E-state index contributed by atoms with van der Waals surface area (Å²) < 4.78 is 24.8. The van der Waals surface area contributed by atoms with Crippen molar-refractivity contribution >= 4 is 11.7 Å². The molecule has 0 saturated heterocycles. The Labute approximate surface area is 180 Å². The lowest BCUT2D eigenvalue weighted by molar-refractivity contribution is 0.122. The Morgan fingerprint density at radius 3 is 2.61 bits per heavy atom. The van der Waals surface area contributed by atoms with E-state index < -0.39 is 11.6 Å². The van der Waals surface area contributed by atoms with Gasteiger partial charge in [-0.3, -0.25) is 0 Å². The van der Waals surface area contributed by atoms with Crippen LogP contribution in [0.1, 0.15) is 30.7 Å². The van der Waals surface area contributed by atoms with Crippen LogP contribution in [0.2, 0.25) is 0 Å². The van der Waals surface area contributed by atoms with Crippen LogP contribution in [0.25, 0.3) is 16.8 Å². The molecule has 3 aromatic rings. The zero-order chi connectivity index (χ0) is 22.0. The van der Waals surface area contributed by atoms with Crippen molar-refractivity contribution in [3.63, 3.8) is 0 Å². The topological polar surface area (TPSA) is 60.5 Å². The summed E-state index contributed by atoms with van der Waals surface area (Å²) in [6, 6.07) is 17.4. The van der Waals surface area contributed by atoms with Crippen molar-refractivity contribution in [1.82, 2.24) is 10.3 Å². The first kappa shape index (κ1) is 20.6. The average Bonchev–Trinajstić information content (AvgIpc) is 3.09. The van der Waals surface area contributed by atoms with Crippen molar-refractivity contribution in [3.8, 4) is 17.0 Å². The number of fused-ring (bicyclic) bond motifs is 1. The van der Waals surface area contributed by atoms with Gasteiger partial charge in [0.2, 0.25) is 0 Å². The molecule has 1 aliphatic rings. The second kappa shape index (κ2) is 8.22. The van der Waals surface area contributed by atoms with Crippen molar-refractivity contribution in [1.29, 1.82) is 0 Å². The van der Waals surface area contributed by atoms with Crippen LogP contribution in [0.15, 0.2) is 67.2 Å². The quantitative estimate of drug-likeness (QED) is 0.598. The number of hydrogen-bond acceptors (Lipinski definition) is 4. The van der Waals surface area contributed by atoms with Crippen LogP contribution in [0.4, 0.5) is 9.18 Å². The summed E-state index contributed by atoms with van der Waals surface area (Å²) in [4.78, 5) is 17.2. The van der Waals surface area contributed by atoms with E-state index in [0.29, 0.717) is 17.1 Å². The van der Waals surface area contributed by atoms with Crippen LogP contribution in [-0.4, -0.2) is 17.7 Å². The standard InChI is InChI=1S/C25H23FN2O3/c1-16(2)21-13-20-23(22(27-21)18-9-11-19(26)12-10-18)31-15-25(20,3)28-24(29)30-14-17-7-5-4-6-8-17/h4-13H,1,14-15H2,2-3H3,(H,28,29). The molecule has 1 aliphatic heterocycles. The van der Waals surface area contributed by atoms with Gasteiger partial charge in [-0.25, -0.2) is 14.2 Å². The van der Waals surface area contributed by atoms with Crippen molar-refractivity contribution in [2.45, 2.75) is 26.0 Å². The number of nitrogens with one attached hydrogen (secondary N) is 1. The molecule has 0 aliphatic carbocycles. The molecule has 0 saturated carbocycles. The summed E-state index contributed by atoms with van der Waals surface area (Å²) in [5, 5.41) is 2.93. The Morgan fingerprint density at radius 1 is 1.23 bits per heavy atom. The molecule has 31 heavy (non-hydrogen) atoms. The maximum Gasteiger partial charge on any atom is 0.408 e. The van der Waals surface area contributed by atoms with Gasteiger partial charge in [0.25, 0.3) is 0 Å². The minimum atomic E-state index is -0.814. The molecule has 158 valence electrons. The van der Waals surface area contributed by atoms with Gasteiger partial charge in [-0.1, -0.05) is 36.9 Å². The molecule has 0 spiro atoms. The molecule has 1 amide bonds. The largest absolute Gasteiger partial charge is 0.488 e. The zero-order valence-corrected chi connectivity index (χ0v) is 17.4. The Morgan fingerprint density at radius 2 is 1.94 bits per heavy atom. The zero-order valence-electron chi connectivity index (χ0n) is 17.4. The van der Waals surface area contributed by atoms with E-state index in [9.17, 15) is 9.18 Å². The summed E-state index contributed by atoms with van der Waals surface area (Å²) in [6.07, 6.45) is -0.542. The third-order valence-electron chi connectivity index (χ3n) is 5.22. The molecule has 1 aromatic heterocycles. The Hall–Kier alpha value is -3.67. The van der Waals surface area contributed by atoms with Gasteiger partial charge >= 0.3 is 6.09 Å². The molecule has 2 heterocycles. The van der Waals surface area contributed by atoms with E-state index in [1.807, 2.05) is 50.2 Å². The SMILES string of the molecule is C=C(C)c1cc2c(c(-c3ccc(F)cc3)n1)OCC2(C)NC(=O)OCc1ccccc1. The van der Waals surface area contributed by atoms with Crippen LogP contribution in [0, 0.1) is 5.82 Å². The van der Waals surface area contributed by atoms with Gasteiger partial charge in [-0.05, 0) is 55.3 Å². The second-order valence-corrected chi connectivity index (χ2v) is 7.83. The number of benzene rings is 2. The van der Waals surface area contributed by atoms with E-state index in [1.54, 1.807) is 12.1 Å². The van der Waals surface area contributed by atoms with E-state index in [-0.39, 0.29) is 19.0 Å². The summed E-state index contributed by atoms with van der Waals surface area (Å²) in [6.45, 7) is 8.12. The van der Waals surface area contributed by atoms with E-state index in [4.69, 9.17) is 9.47 Å². The van der Waals surface area contributed by atoms with E-state index >= 15 is 0 Å². The van der Waals surface area contributed by atoms with Crippen LogP contribution in [0.3, 0.4) is 0 Å². The normalized spacial score (nSPS) is 16.9. The van der Waals surface area contributed by atoms with Gasteiger partial charge in [0.05, 0.1) is 5.69 Å². The fourth-order valence-corrected chi connectivity index (χ4v) is 3.49. The summed E-state index contributed by atoms with van der Waals surface area (Å²) >= 11 is 0. The van der Waals surface area contributed by atoms with Gasteiger partial charge in [0, 0.05) is 11.1 Å². The van der Waals surface area contributed by atoms with Gasteiger partial charge < -0.3 is 14.8 Å². The molecule has 0 fully saturated rings. The molecule has 0 bridgehead atoms. The van der Waals surface area contributed by atoms with Crippen molar-refractivity contribution in [2.75, 3.05) is 6.61 Å². The molecule has 5 nitrogen and oxygen atoms in total. The molecule has 0 radical (unpaired) electrons. The minimum Gasteiger partial charge on any atom is -0.488 e. The fraction of sp³-hybridized carbons (Fsp3) is 0.200. The van der Waals surface area contributed by atoms with Gasteiger partial charge in [0.1, 0.15) is 30.3 Å². The molecular weight excluding hydrogens is 395 g/mol. The average molecular weight is 418 g/mol. The number of ether oxygens (including phenoxy) is 2. The van der Waals surface area contributed by atoms with Gasteiger partial charge in [-0.2, -0.15) is 0 Å². The molecule has 6 heteroatoms. The number of alkyl carbamates (subject to hydrolysis) is 1. The van der Waals surface area contributed by atoms with Crippen molar-refractivity contribution in [3.05, 3.63) is 89.9 Å². The predicted octanol–water partition coefficient (Wildman–Crippen LogP) is 5.45. The highest BCUT2D eigenvalue weighted by atomic mass is 19.1. The van der Waals surface area contributed by atoms with Crippen LogP contribution < -0.4 is 10.1 Å². The lowest BCUT2D eigenvalue weighted by Gasteiger charge is -2.24. The molecule has 4 rings (SSSR count). The lowest BCUT2D eigenvalue weighted by atomic mass is 9.92. The highest BCUT2D eigenvalue weighted by Gasteiger charge is 2.40. The number of allylic oxidation sites excluding steroid dienone is 1. The van der Waals surface area contributed by atoms with E-state index in [2.05, 4.69) is 16.9 Å². The predicted molar refractivity (Wildman–Crippen MR) is 117 cm³/mol. The summed E-state index contributed by atoms with van der Waals surface area (Å²) in [5.74, 6) is 0.229. The minimum absolute atomic E-state index is 0.171. The van der Waals surface area contributed by atoms with Crippen LogP contribution >= 0.6 is 0 Å². The number of nitrogens with zero attached hydrogens (tertiary/aromatic N) is 1. The number of carbonyl (C=O) groups is 1. The molecule has 1 unspecified atom stereocenters. The number of halogens is 1. The first-order chi connectivity index (χ1) is 14.9.